The molecule has 0 radical (unpaired) electrons. The number of benzene rings is 1. The van der Waals surface area contributed by atoms with Gasteiger partial charge in [-0.15, -0.1) is 0 Å². The van der Waals surface area contributed by atoms with Crippen LogP contribution in [-0.4, -0.2) is 13.2 Å². The second kappa shape index (κ2) is 5.00. The predicted octanol–water partition coefficient (Wildman–Crippen LogP) is 3.11. The fraction of sp³-hybridized carbons (Fsp3) is 0.333. The third-order valence-corrected chi connectivity index (χ3v) is 3.27. The fourth-order valence-electron chi connectivity index (χ4n) is 2.22. The van der Waals surface area contributed by atoms with E-state index in [2.05, 4.69) is 5.32 Å². The summed E-state index contributed by atoms with van der Waals surface area (Å²) in [7, 11) is 0. The van der Waals surface area contributed by atoms with Crippen molar-refractivity contribution in [2.24, 2.45) is 0 Å². The van der Waals surface area contributed by atoms with Gasteiger partial charge in [-0.1, -0.05) is 0 Å². The molecular formula is C15H18N2O3. The summed E-state index contributed by atoms with van der Waals surface area (Å²) in [5.41, 5.74) is 7.49. The Balaban J connectivity index is 1.83. The van der Waals surface area contributed by atoms with E-state index in [1.165, 1.54) is 0 Å². The number of nitrogens with one attached hydrogen (secondary N) is 1. The van der Waals surface area contributed by atoms with Crippen LogP contribution in [0.4, 0.5) is 11.4 Å². The van der Waals surface area contributed by atoms with Gasteiger partial charge in [0, 0.05) is 12.1 Å². The predicted molar refractivity (Wildman–Crippen MR) is 77.3 cm³/mol. The van der Waals surface area contributed by atoms with Crippen LogP contribution in [0, 0.1) is 6.92 Å². The normalized spacial score (nSPS) is 14.9. The smallest absolute Gasteiger partial charge is 0.163 e. The molecule has 0 spiro atoms. The van der Waals surface area contributed by atoms with Crippen molar-refractivity contribution in [3.05, 3.63) is 35.8 Å². The van der Waals surface area contributed by atoms with Crippen molar-refractivity contribution in [3.8, 4) is 11.5 Å². The summed E-state index contributed by atoms with van der Waals surface area (Å²) in [5.74, 6) is 3.18. The Labute approximate surface area is 117 Å². The van der Waals surface area contributed by atoms with E-state index < -0.39 is 0 Å². The second-order valence-corrected chi connectivity index (χ2v) is 4.90. The van der Waals surface area contributed by atoms with E-state index in [4.69, 9.17) is 19.6 Å². The largest absolute Gasteiger partial charge is 0.486 e. The van der Waals surface area contributed by atoms with Gasteiger partial charge in [-0.2, -0.15) is 0 Å². The van der Waals surface area contributed by atoms with Gasteiger partial charge in [0.25, 0.3) is 0 Å². The number of aryl methyl sites for hydroxylation is 1. The van der Waals surface area contributed by atoms with Gasteiger partial charge in [-0.3, -0.25) is 0 Å². The molecule has 0 saturated carbocycles. The minimum absolute atomic E-state index is 0.0218. The van der Waals surface area contributed by atoms with E-state index in [-0.39, 0.29) is 6.04 Å². The molecule has 2 aromatic rings. The monoisotopic (exact) mass is 274 g/mol. The fourth-order valence-corrected chi connectivity index (χ4v) is 2.22. The average molecular weight is 274 g/mol. The number of nitrogens with two attached hydrogens (primary N) is 1. The van der Waals surface area contributed by atoms with Crippen LogP contribution in [0.2, 0.25) is 0 Å². The highest BCUT2D eigenvalue weighted by Gasteiger charge is 2.17. The first-order valence-corrected chi connectivity index (χ1v) is 6.65. The van der Waals surface area contributed by atoms with Crippen LogP contribution in [0.25, 0.3) is 0 Å². The Morgan fingerprint density at radius 2 is 1.85 bits per heavy atom. The number of hydrogen-bond donors (Lipinski definition) is 2. The van der Waals surface area contributed by atoms with Crippen LogP contribution in [0.5, 0.6) is 11.5 Å². The zero-order valence-corrected chi connectivity index (χ0v) is 11.6. The van der Waals surface area contributed by atoms with E-state index >= 15 is 0 Å². The maximum absolute atomic E-state index is 6.05. The van der Waals surface area contributed by atoms with Gasteiger partial charge in [0.1, 0.15) is 24.7 Å². The molecule has 5 nitrogen and oxygen atoms in total. The maximum atomic E-state index is 6.05. The highest BCUT2D eigenvalue weighted by molar-refractivity contribution is 5.72. The molecule has 0 bridgehead atoms. The summed E-state index contributed by atoms with van der Waals surface area (Å²) in [6, 6.07) is 7.59. The minimum atomic E-state index is 0.0218. The molecule has 3 N–H and O–H groups in total. The average Bonchev–Trinajstić information content (AvgIpc) is 2.86. The van der Waals surface area contributed by atoms with Gasteiger partial charge in [-0.25, -0.2) is 0 Å². The molecule has 3 rings (SSSR count). The second-order valence-electron chi connectivity index (χ2n) is 4.90. The molecule has 0 amide bonds. The van der Waals surface area contributed by atoms with Crippen LogP contribution in [-0.2, 0) is 0 Å². The van der Waals surface area contributed by atoms with Crippen molar-refractivity contribution in [2.45, 2.75) is 19.9 Å². The van der Waals surface area contributed by atoms with Gasteiger partial charge < -0.3 is 24.9 Å². The molecule has 20 heavy (non-hydrogen) atoms. The number of anilines is 2. The summed E-state index contributed by atoms with van der Waals surface area (Å²) in [5, 5.41) is 3.34. The first kappa shape index (κ1) is 12.7. The Morgan fingerprint density at radius 3 is 2.50 bits per heavy atom. The molecular weight excluding hydrogens is 256 g/mol. The molecule has 2 heterocycles. The Morgan fingerprint density at radius 1 is 1.15 bits per heavy atom. The molecule has 1 aliphatic rings. The molecule has 0 fully saturated rings. The van der Waals surface area contributed by atoms with Crippen LogP contribution < -0.4 is 20.5 Å². The number of hydrogen-bond acceptors (Lipinski definition) is 5. The van der Waals surface area contributed by atoms with Crippen LogP contribution in [0.15, 0.2) is 28.7 Å². The first-order valence-electron chi connectivity index (χ1n) is 6.65. The topological polar surface area (TPSA) is 69.7 Å². The van der Waals surface area contributed by atoms with Crippen LogP contribution in [0.1, 0.15) is 24.5 Å². The van der Waals surface area contributed by atoms with Crippen LogP contribution in [0.3, 0.4) is 0 Å². The minimum Gasteiger partial charge on any atom is -0.486 e. The Bertz CT molecular complexity index is 622. The van der Waals surface area contributed by atoms with Crippen molar-refractivity contribution < 1.29 is 13.9 Å². The molecule has 1 aromatic carbocycles. The number of furan rings is 1. The molecule has 106 valence electrons. The first-order chi connectivity index (χ1) is 9.63. The van der Waals surface area contributed by atoms with Gasteiger partial charge in [0.15, 0.2) is 11.5 Å². The maximum Gasteiger partial charge on any atom is 0.163 e. The van der Waals surface area contributed by atoms with Crippen molar-refractivity contribution in [2.75, 3.05) is 24.3 Å². The van der Waals surface area contributed by atoms with Gasteiger partial charge in [0.05, 0.1) is 17.4 Å². The van der Waals surface area contributed by atoms with E-state index in [1.54, 1.807) is 6.07 Å². The van der Waals surface area contributed by atoms with E-state index in [0.717, 1.165) is 23.0 Å². The van der Waals surface area contributed by atoms with E-state index in [1.807, 2.05) is 32.0 Å². The van der Waals surface area contributed by atoms with Gasteiger partial charge in [-0.05, 0) is 26.0 Å². The lowest BCUT2D eigenvalue weighted by Crippen LogP contribution is -2.16. The van der Waals surface area contributed by atoms with Crippen LogP contribution >= 0.6 is 0 Å². The lowest BCUT2D eigenvalue weighted by atomic mass is 10.2. The lowest BCUT2D eigenvalue weighted by molar-refractivity contribution is 0.172. The third kappa shape index (κ3) is 2.39. The highest BCUT2D eigenvalue weighted by Crippen LogP contribution is 2.38. The summed E-state index contributed by atoms with van der Waals surface area (Å²) in [6.45, 7) is 5.06. The third-order valence-electron chi connectivity index (χ3n) is 3.27. The molecule has 1 aliphatic heterocycles. The van der Waals surface area contributed by atoms with Gasteiger partial charge >= 0.3 is 0 Å². The summed E-state index contributed by atoms with van der Waals surface area (Å²) < 4.78 is 16.7. The zero-order chi connectivity index (χ0) is 14.1. The quantitative estimate of drug-likeness (QED) is 0.842. The molecule has 0 saturated heterocycles. The molecule has 0 aliphatic carbocycles. The zero-order valence-electron chi connectivity index (χ0n) is 11.6. The molecule has 5 heteroatoms. The summed E-state index contributed by atoms with van der Waals surface area (Å²) in [6.07, 6.45) is 0. The molecule has 1 aromatic heterocycles. The number of fused-ring (bicyclic) bond motifs is 1. The molecule has 1 unspecified atom stereocenters. The van der Waals surface area contributed by atoms with E-state index in [9.17, 15) is 0 Å². The van der Waals surface area contributed by atoms with E-state index in [0.29, 0.717) is 24.7 Å². The summed E-state index contributed by atoms with van der Waals surface area (Å²) in [4.78, 5) is 0. The van der Waals surface area contributed by atoms with Crippen molar-refractivity contribution in [3.63, 3.8) is 0 Å². The SMILES string of the molecule is Cc1ccc(C(C)Nc2cc3c(cc2N)OCCO3)o1. The van der Waals surface area contributed by atoms with Crippen molar-refractivity contribution in [1.82, 2.24) is 0 Å². The van der Waals surface area contributed by atoms with Gasteiger partial charge in [0.2, 0.25) is 0 Å². The molecule has 1 atom stereocenters. The number of rotatable bonds is 3. The lowest BCUT2D eigenvalue weighted by Gasteiger charge is -2.21. The standard InChI is InChI=1S/C15H18N2O3/c1-9-3-4-13(20-9)10(2)17-12-8-15-14(7-11(12)16)18-5-6-19-15/h3-4,7-8,10,17H,5-6,16H2,1-2H3. The Hall–Kier alpha value is -2.30. The number of nitrogen functional groups attached to an aromatic ring is 1. The van der Waals surface area contributed by atoms with Crippen molar-refractivity contribution >= 4 is 11.4 Å². The Kier molecular flexibility index (Phi) is 3.18. The summed E-state index contributed by atoms with van der Waals surface area (Å²) >= 11 is 0. The number of ether oxygens (including phenoxy) is 2. The van der Waals surface area contributed by atoms with Crippen molar-refractivity contribution in [1.29, 1.82) is 0 Å². The highest BCUT2D eigenvalue weighted by atomic mass is 16.6.